The van der Waals surface area contributed by atoms with E-state index in [0.717, 1.165) is 36.9 Å². The number of nitrogens with one attached hydrogen (secondary N) is 1. The number of nitrogens with zero attached hydrogens (tertiary/aromatic N) is 2. The van der Waals surface area contributed by atoms with Crippen LogP contribution in [0, 0.1) is 5.82 Å². The molecule has 1 fully saturated rings. The van der Waals surface area contributed by atoms with Crippen molar-refractivity contribution in [3.63, 3.8) is 0 Å². The summed E-state index contributed by atoms with van der Waals surface area (Å²) in [4.78, 5) is 16.8. The van der Waals surface area contributed by atoms with E-state index in [1.807, 2.05) is 31.2 Å². The summed E-state index contributed by atoms with van der Waals surface area (Å²) < 4.78 is 13.1. The number of carbonyl (C=O) groups excluding carboxylic acids is 1. The van der Waals surface area contributed by atoms with Crippen molar-refractivity contribution in [3.8, 4) is 0 Å². The van der Waals surface area contributed by atoms with Gasteiger partial charge in [0.25, 0.3) is 0 Å². The fourth-order valence-corrected chi connectivity index (χ4v) is 3.52. The van der Waals surface area contributed by atoms with E-state index in [1.54, 1.807) is 0 Å². The Kier molecular flexibility index (Phi) is 6.01. The van der Waals surface area contributed by atoms with Gasteiger partial charge in [-0.1, -0.05) is 35.3 Å². The van der Waals surface area contributed by atoms with Crippen LogP contribution in [0.1, 0.15) is 6.92 Å². The Hall–Kier alpha value is -1.82. The molecule has 138 valence electrons. The molecule has 1 aliphatic rings. The first-order chi connectivity index (χ1) is 12.5. The quantitative estimate of drug-likeness (QED) is 0.838. The smallest absolute Gasteiger partial charge is 0.241 e. The molecule has 2 aromatic rings. The van der Waals surface area contributed by atoms with Gasteiger partial charge in [-0.05, 0) is 37.3 Å². The highest BCUT2D eigenvalue weighted by Gasteiger charge is 2.26. The zero-order valence-corrected chi connectivity index (χ0v) is 15.9. The van der Waals surface area contributed by atoms with Crippen molar-refractivity contribution in [3.05, 3.63) is 58.3 Å². The average Bonchev–Trinajstić information content (AvgIpc) is 2.64. The summed E-state index contributed by atoms with van der Waals surface area (Å²) in [6.07, 6.45) is 0. The number of hydrogen-bond acceptors (Lipinski definition) is 3. The lowest BCUT2D eigenvalue weighted by molar-refractivity contribution is -0.120. The number of rotatable bonds is 4. The number of para-hydroxylation sites is 1. The summed E-state index contributed by atoms with van der Waals surface area (Å²) in [5.74, 6) is -0.596. The minimum Gasteiger partial charge on any atom is -0.368 e. The van der Waals surface area contributed by atoms with E-state index in [0.29, 0.717) is 5.69 Å². The molecule has 4 nitrogen and oxygen atoms in total. The molecule has 2 aromatic carbocycles. The number of anilines is 2. The Bertz CT molecular complexity index is 794. The maximum atomic E-state index is 13.1. The van der Waals surface area contributed by atoms with Gasteiger partial charge < -0.3 is 10.2 Å². The predicted molar refractivity (Wildman–Crippen MR) is 105 cm³/mol. The molecule has 26 heavy (non-hydrogen) atoms. The molecule has 0 aliphatic carbocycles. The molecule has 0 spiro atoms. The summed E-state index contributed by atoms with van der Waals surface area (Å²) in [7, 11) is 0. The molecule has 0 saturated carbocycles. The summed E-state index contributed by atoms with van der Waals surface area (Å²) in [6, 6.07) is 11.4. The molecule has 1 aliphatic heterocycles. The van der Waals surface area contributed by atoms with Gasteiger partial charge in [0.1, 0.15) is 5.82 Å². The third-order valence-corrected chi connectivity index (χ3v) is 5.26. The van der Waals surface area contributed by atoms with Gasteiger partial charge >= 0.3 is 0 Å². The SMILES string of the molecule is C[C@H](C(=O)Nc1ccc(F)cc1Cl)N1CCN(c2ccccc2Cl)CC1. The molecule has 1 N–H and O–H groups in total. The minimum absolute atomic E-state index is 0.162. The van der Waals surface area contributed by atoms with E-state index in [2.05, 4.69) is 15.1 Å². The zero-order valence-electron chi connectivity index (χ0n) is 14.4. The highest BCUT2D eigenvalue weighted by Crippen LogP contribution is 2.27. The Balaban J connectivity index is 1.58. The molecule has 7 heteroatoms. The number of carbonyl (C=O) groups is 1. The molecule has 3 rings (SSSR count). The van der Waals surface area contributed by atoms with Crippen LogP contribution in [0.3, 0.4) is 0 Å². The molecule has 1 heterocycles. The van der Waals surface area contributed by atoms with Crippen LogP contribution in [0.2, 0.25) is 10.0 Å². The first-order valence-electron chi connectivity index (χ1n) is 8.45. The molecule has 0 radical (unpaired) electrons. The summed E-state index contributed by atoms with van der Waals surface area (Å²) in [5, 5.41) is 3.70. The molecule has 0 bridgehead atoms. The van der Waals surface area contributed by atoms with Crippen molar-refractivity contribution in [2.75, 3.05) is 36.4 Å². The van der Waals surface area contributed by atoms with Crippen molar-refractivity contribution in [2.45, 2.75) is 13.0 Å². The molecule has 1 atom stereocenters. The van der Waals surface area contributed by atoms with E-state index in [-0.39, 0.29) is 17.0 Å². The van der Waals surface area contributed by atoms with Crippen LogP contribution in [0.25, 0.3) is 0 Å². The lowest BCUT2D eigenvalue weighted by Gasteiger charge is -2.38. The van der Waals surface area contributed by atoms with Crippen LogP contribution in [-0.2, 0) is 4.79 Å². The second kappa shape index (κ2) is 8.25. The van der Waals surface area contributed by atoms with E-state index in [4.69, 9.17) is 23.2 Å². The maximum absolute atomic E-state index is 13.1. The second-order valence-electron chi connectivity index (χ2n) is 6.26. The molecular weight excluding hydrogens is 376 g/mol. The van der Waals surface area contributed by atoms with Gasteiger partial charge in [-0.2, -0.15) is 0 Å². The summed E-state index contributed by atoms with van der Waals surface area (Å²) in [5.41, 5.74) is 1.43. The average molecular weight is 396 g/mol. The van der Waals surface area contributed by atoms with Crippen molar-refractivity contribution < 1.29 is 9.18 Å². The van der Waals surface area contributed by atoms with Crippen LogP contribution in [0.15, 0.2) is 42.5 Å². The zero-order chi connectivity index (χ0) is 18.7. The lowest BCUT2D eigenvalue weighted by atomic mass is 10.2. The van der Waals surface area contributed by atoms with Gasteiger partial charge in [-0.3, -0.25) is 9.69 Å². The highest BCUT2D eigenvalue weighted by molar-refractivity contribution is 6.34. The second-order valence-corrected chi connectivity index (χ2v) is 7.08. The maximum Gasteiger partial charge on any atom is 0.241 e. The van der Waals surface area contributed by atoms with Crippen LogP contribution >= 0.6 is 23.2 Å². The van der Waals surface area contributed by atoms with Gasteiger partial charge in [0.05, 0.1) is 27.5 Å². The third kappa shape index (κ3) is 4.29. The van der Waals surface area contributed by atoms with Gasteiger partial charge in [0, 0.05) is 26.2 Å². The van der Waals surface area contributed by atoms with Crippen molar-refractivity contribution >= 4 is 40.5 Å². The largest absolute Gasteiger partial charge is 0.368 e. The Morgan fingerprint density at radius 3 is 2.42 bits per heavy atom. The van der Waals surface area contributed by atoms with Crippen molar-refractivity contribution in [1.82, 2.24) is 4.90 Å². The van der Waals surface area contributed by atoms with Gasteiger partial charge in [-0.25, -0.2) is 4.39 Å². The Morgan fingerprint density at radius 1 is 1.08 bits per heavy atom. The van der Waals surface area contributed by atoms with E-state index >= 15 is 0 Å². The molecule has 1 amide bonds. The first kappa shape index (κ1) is 19.0. The number of benzene rings is 2. The van der Waals surface area contributed by atoms with Crippen molar-refractivity contribution in [2.24, 2.45) is 0 Å². The Morgan fingerprint density at radius 2 is 1.77 bits per heavy atom. The number of hydrogen-bond donors (Lipinski definition) is 1. The van der Waals surface area contributed by atoms with E-state index in [1.165, 1.54) is 18.2 Å². The number of halogens is 3. The minimum atomic E-state index is -0.434. The summed E-state index contributed by atoms with van der Waals surface area (Å²) >= 11 is 12.2. The predicted octanol–water partition coefficient (Wildman–Crippen LogP) is 4.28. The first-order valence-corrected chi connectivity index (χ1v) is 9.21. The normalized spacial score (nSPS) is 16.4. The van der Waals surface area contributed by atoms with Crippen LogP contribution in [-0.4, -0.2) is 43.0 Å². The third-order valence-electron chi connectivity index (χ3n) is 4.62. The highest BCUT2D eigenvalue weighted by atomic mass is 35.5. The van der Waals surface area contributed by atoms with Crippen LogP contribution in [0.4, 0.5) is 15.8 Å². The van der Waals surface area contributed by atoms with E-state index < -0.39 is 5.82 Å². The van der Waals surface area contributed by atoms with E-state index in [9.17, 15) is 9.18 Å². The van der Waals surface area contributed by atoms with Gasteiger partial charge in [-0.15, -0.1) is 0 Å². The van der Waals surface area contributed by atoms with Gasteiger partial charge in [0.2, 0.25) is 5.91 Å². The molecule has 0 unspecified atom stereocenters. The monoisotopic (exact) mass is 395 g/mol. The molecule has 0 aromatic heterocycles. The topological polar surface area (TPSA) is 35.6 Å². The van der Waals surface area contributed by atoms with Crippen molar-refractivity contribution in [1.29, 1.82) is 0 Å². The number of piperazine rings is 1. The fraction of sp³-hybridized carbons (Fsp3) is 0.316. The Labute approximate surface area is 162 Å². The standard InChI is InChI=1S/C19H20Cl2FN3O/c1-13(19(26)23-17-7-6-14(22)12-16(17)21)24-8-10-25(11-9-24)18-5-3-2-4-15(18)20/h2-7,12-13H,8-11H2,1H3,(H,23,26)/t13-/m1/s1. The molecular formula is C19H20Cl2FN3O. The lowest BCUT2D eigenvalue weighted by Crippen LogP contribution is -2.52. The van der Waals surface area contributed by atoms with Gasteiger partial charge in [0.15, 0.2) is 0 Å². The molecule has 1 saturated heterocycles. The van der Waals surface area contributed by atoms with Crippen LogP contribution < -0.4 is 10.2 Å². The summed E-state index contributed by atoms with van der Waals surface area (Å²) in [6.45, 7) is 4.93. The fourth-order valence-electron chi connectivity index (χ4n) is 3.05. The van der Waals surface area contributed by atoms with Crippen LogP contribution in [0.5, 0.6) is 0 Å². The number of amides is 1.